The van der Waals surface area contributed by atoms with Crippen molar-refractivity contribution in [2.45, 2.75) is 24.7 Å². The van der Waals surface area contributed by atoms with E-state index >= 15 is 0 Å². The summed E-state index contributed by atoms with van der Waals surface area (Å²) in [5.41, 5.74) is 1.20. The Kier molecular flexibility index (Phi) is 3.21. The minimum absolute atomic E-state index is 0.0844. The smallest absolute Gasteiger partial charge is 0.171 e. The highest BCUT2D eigenvalue weighted by molar-refractivity contribution is 9.10. The maximum absolute atomic E-state index is 6.14. The van der Waals surface area contributed by atoms with E-state index in [2.05, 4.69) is 33.4 Å². The molecule has 2 aliphatic rings. The van der Waals surface area contributed by atoms with Crippen molar-refractivity contribution in [1.29, 1.82) is 0 Å². The molecule has 1 aromatic rings. The molecule has 1 atom stereocenters. The number of piperidine rings is 1. The Morgan fingerprint density at radius 1 is 1.18 bits per heavy atom. The molecule has 0 bridgehead atoms. The van der Waals surface area contributed by atoms with Gasteiger partial charge in [0.15, 0.2) is 5.79 Å². The van der Waals surface area contributed by atoms with Crippen LogP contribution in [0.5, 0.6) is 0 Å². The van der Waals surface area contributed by atoms with Crippen LogP contribution >= 0.6 is 15.9 Å². The molecule has 17 heavy (non-hydrogen) atoms. The number of benzene rings is 1. The fourth-order valence-corrected chi connectivity index (χ4v) is 2.73. The predicted molar refractivity (Wildman–Crippen MR) is 68.8 cm³/mol. The Morgan fingerprint density at radius 3 is 2.59 bits per heavy atom. The summed E-state index contributed by atoms with van der Waals surface area (Å²) in [6, 6.07) is 8.29. The minimum Gasteiger partial charge on any atom is -0.347 e. The maximum atomic E-state index is 6.14. The molecular weight excluding hydrogens is 282 g/mol. The Balaban J connectivity index is 1.72. The second-order valence-electron chi connectivity index (χ2n) is 4.63. The molecule has 3 nitrogen and oxygen atoms in total. The van der Waals surface area contributed by atoms with Crippen molar-refractivity contribution in [2.75, 3.05) is 19.7 Å². The Morgan fingerprint density at radius 2 is 1.88 bits per heavy atom. The molecule has 0 radical (unpaired) electrons. The average Bonchev–Trinajstić information content (AvgIpc) is 2.75. The zero-order valence-corrected chi connectivity index (χ0v) is 11.2. The Bertz CT molecular complexity index is 387. The molecular formula is C13H16BrNO2. The summed E-state index contributed by atoms with van der Waals surface area (Å²) in [4.78, 5) is 0. The first-order valence-electron chi connectivity index (χ1n) is 6.05. The van der Waals surface area contributed by atoms with Gasteiger partial charge in [-0.05, 0) is 17.7 Å². The summed E-state index contributed by atoms with van der Waals surface area (Å²) in [7, 11) is 0. The summed E-state index contributed by atoms with van der Waals surface area (Å²) < 4.78 is 13.1. The van der Waals surface area contributed by atoms with Crippen LogP contribution < -0.4 is 5.32 Å². The summed E-state index contributed by atoms with van der Waals surface area (Å²) in [6.07, 6.45) is 1.97. The topological polar surface area (TPSA) is 30.5 Å². The molecule has 2 saturated heterocycles. The molecule has 2 aliphatic heterocycles. The van der Waals surface area contributed by atoms with Gasteiger partial charge in [-0.1, -0.05) is 28.1 Å². The van der Waals surface area contributed by atoms with Crippen LogP contribution in [0.15, 0.2) is 28.7 Å². The molecule has 0 saturated carbocycles. The average molecular weight is 298 g/mol. The number of halogens is 1. The molecule has 0 aliphatic carbocycles. The quantitative estimate of drug-likeness (QED) is 0.864. The minimum atomic E-state index is -0.330. The highest BCUT2D eigenvalue weighted by Crippen LogP contribution is 2.38. The van der Waals surface area contributed by atoms with Crippen molar-refractivity contribution in [3.63, 3.8) is 0 Å². The maximum Gasteiger partial charge on any atom is 0.171 e. The molecule has 1 unspecified atom stereocenters. The third-order valence-corrected chi connectivity index (χ3v) is 3.99. The molecule has 0 aromatic heterocycles. The lowest BCUT2D eigenvalue weighted by molar-refractivity contribution is -0.183. The molecule has 1 aromatic carbocycles. The van der Waals surface area contributed by atoms with Crippen molar-refractivity contribution in [3.8, 4) is 0 Å². The van der Waals surface area contributed by atoms with E-state index in [1.807, 2.05) is 12.1 Å². The summed E-state index contributed by atoms with van der Waals surface area (Å²) in [5, 5.41) is 3.33. The van der Waals surface area contributed by atoms with Crippen LogP contribution in [-0.2, 0) is 9.47 Å². The van der Waals surface area contributed by atoms with Crippen LogP contribution in [0.2, 0.25) is 0 Å². The van der Waals surface area contributed by atoms with Crippen LogP contribution in [0.1, 0.15) is 24.5 Å². The van der Waals surface area contributed by atoms with Gasteiger partial charge < -0.3 is 14.8 Å². The number of ether oxygens (including phenoxy) is 2. The van der Waals surface area contributed by atoms with Gasteiger partial charge in [0.05, 0.1) is 6.61 Å². The van der Waals surface area contributed by atoms with E-state index in [1.54, 1.807) is 0 Å². The van der Waals surface area contributed by atoms with E-state index in [0.717, 1.165) is 30.4 Å². The Labute approximate surface area is 110 Å². The van der Waals surface area contributed by atoms with Crippen LogP contribution in [0.3, 0.4) is 0 Å². The van der Waals surface area contributed by atoms with Gasteiger partial charge in [-0.2, -0.15) is 0 Å². The van der Waals surface area contributed by atoms with Gasteiger partial charge in [0.25, 0.3) is 0 Å². The standard InChI is InChI=1S/C13H16BrNO2/c14-11-3-1-10(2-4-11)12-9-16-13(17-12)5-7-15-8-6-13/h1-4,12,15H,5-9H2. The molecule has 2 heterocycles. The first kappa shape index (κ1) is 11.7. The summed E-state index contributed by atoms with van der Waals surface area (Å²) in [6.45, 7) is 2.63. The first-order valence-corrected chi connectivity index (χ1v) is 6.85. The number of hydrogen-bond acceptors (Lipinski definition) is 3. The van der Waals surface area contributed by atoms with Crippen LogP contribution in [0.4, 0.5) is 0 Å². The van der Waals surface area contributed by atoms with E-state index in [1.165, 1.54) is 5.56 Å². The predicted octanol–water partition coefficient (Wildman–Crippen LogP) is 2.62. The van der Waals surface area contributed by atoms with E-state index in [4.69, 9.17) is 9.47 Å². The van der Waals surface area contributed by atoms with Gasteiger partial charge in [-0.3, -0.25) is 0 Å². The molecule has 3 rings (SSSR count). The van der Waals surface area contributed by atoms with Crippen molar-refractivity contribution in [1.82, 2.24) is 5.32 Å². The highest BCUT2D eigenvalue weighted by atomic mass is 79.9. The van der Waals surface area contributed by atoms with Crippen molar-refractivity contribution < 1.29 is 9.47 Å². The van der Waals surface area contributed by atoms with E-state index in [9.17, 15) is 0 Å². The SMILES string of the molecule is Brc1ccc(C2COC3(CCNCC3)O2)cc1. The van der Waals surface area contributed by atoms with E-state index in [0.29, 0.717) is 6.61 Å². The molecule has 1 spiro atoms. The second-order valence-corrected chi connectivity index (χ2v) is 5.55. The summed E-state index contributed by atoms with van der Waals surface area (Å²) >= 11 is 3.44. The Hall–Kier alpha value is -0.420. The lowest BCUT2D eigenvalue weighted by atomic mass is 10.1. The highest BCUT2D eigenvalue weighted by Gasteiger charge is 2.42. The van der Waals surface area contributed by atoms with Gasteiger partial charge in [-0.25, -0.2) is 0 Å². The normalized spacial score (nSPS) is 27.5. The number of hydrogen-bond donors (Lipinski definition) is 1. The van der Waals surface area contributed by atoms with Crippen LogP contribution in [0, 0.1) is 0 Å². The van der Waals surface area contributed by atoms with Crippen molar-refractivity contribution in [3.05, 3.63) is 34.3 Å². The fourth-order valence-electron chi connectivity index (χ4n) is 2.47. The van der Waals surface area contributed by atoms with Gasteiger partial charge in [0.2, 0.25) is 0 Å². The number of nitrogens with one attached hydrogen (secondary N) is 1. The van der Waals surface area contributed by atoms with Crippen molar-refractivity contribution in [2.24, 2.45) is 0 Å². The molecule has 1 N–H and O–H groups in total. The molecule has 0 amide bonds. The van der Waals surface area contributed by atoms with Gasteiger partial charge >= 0.3 is 0 Å². The monoisotopic (exact) mass is 297 g/mol. The van der Waals surface area contributed by atoms with Crippen molar-refractivity contribution >= 4 is 15.9 Å². The van der Waals surface area contributed by atoms with Crippen LogP contribution in [-0.4, -0.2) is 25.5 Å². The fraction of sp³-hybridized carbons (Fsp3) is 0.538. The summed E-state index contributed by atoms with van der Waals surface area (Å²) in [5.74, 6) is -0.330. The van der Waals surface area contributed by atoms with Gasteiger partial charge in [0.1, 0.15) is 6.10 Å². The zero-order valence-electron chi connectivity index (χ0n) is 9.62. The molecule has 4 heteroatoms. The largest absolute Gasteiger partial charge is 0.347 e. The lowest BCUT2D eigenvalue weighted by Crippen LogP contribution is -2.42. The number of rotatable bonds is 1. The van der Waals surface area contributed by atoms with E-state index in [-0.39, 0.29) is 11.9 Å². The van der Waals surface area contributed by atoms with Gasteiger partial charge in [0, 0.05) is 30.4 Å². The molecule has 2 fully saturated rings. The van der Waals surface area contributed by atoms with Crippen LogP contribution in [0.25, 0.3) is 0 Å². The third-order valence-electron chi connectivity index (χ3n) is 3.46. The first-order chi connectivity index (χ1) is 8.27. The second kappa shape index (κ2) is 4.69. The lowest BCUT2D eigenvalue weighted by Gasteiger charge is -2.32. The van der Waals surface area contributed by atoms with E-state index < -0.39 is 0 Å². The third kappa shape index (κ3) is 2.40. The molecule has 92 valence electrons. The zero-order chi connectivity index (χ0) is 11.7. The van der Waals surface area contributed by atoms with Gasteiger partial charge in [-0.15, -0.1) is 0 Å².